The van der Waals surface area contributed by atoms with Gasteiger partial charge in [0.1, 0.15) is 6.10 Å². The van der Waals surface area contributed by atoms with Gasteiger partial charge in [-0.1, -0.05) is 6.58 Å². The maximum absolute atomic E-state index is 11.2. The monoisotopic (exact) mass is 281 g/mol. The number of Topliss-reactive ketones (excluding diaryl/α,β-unsaturated/α-hetero) is 1. The van der Waals surface area contributed by atoms with Gasteiger partial charge in [0.2, 0.25) is 0 Å². The summed E-state index contributed by atoms with van der Waals surface area (Å²) in [6.07, 6.45) is -1.48. The fourth-order valence-electron chi connectivity index (χ4n) is 1.64. The number of methoxy groups -OCH3 is 2. The molecule has 0 fully saturated rings. The zero-order chi connectivity index (χ0) is 15.4. The van der Waals surface area contributed by atoms with Crippen molar-refractivity contribution in [1.82, 2.24) is 0 Å². The van der Waals surface area contributed by atoms with Gasteiger partial charge in [-0.15, -0.1) is 0 Å². The molecule has 0 saturated heterocycles. The lowest BCUT2D eigenvalue weighted by Gasteiger charge is -2.15. The van der Waals surface area contributed by atoms with Gasteiger partial charge < -0.3 is 14.6 Å². The number of hydrogen-bond acceptors (Lipinski definition) is 6. The Balaban J connectivity index is 3.47. The van der Waals surface area contributed by atoms with Crippen molar-refractivity contribution in [2.24, 2.45) is 0 Å². The number of aliphatic hydroxyl groups excluding tert-OH is 1. The SMILES string of the molecule is C=C(C(C)=O)C(O)c1cc(OC)c(OC)cc1[N+](=O)[O-]. The summed E-state index contributed by atoms with van der Waals surface area (Å²) < 4.78 is 10.00. The predicted octanol–water partition coefficient (Wildman–Crippen LogP) is 1.79. The first-order valence-corrected chi connectivity index (χ1v) is 5.61. The highest BCUT2D eigenvalue weighted by Crippen LogP contribution is 2.38. The van der Waals surface area contributed by atoms with Gasteiger partial charge in [0, 0.05) is 5.57 Å². The number of hydrogen-bond donors (Lipinski definition) is 1. The van der Waals surface area contributed by atoms with Crippen LogP contribution in [-0.2, 0) is 4.79 Å². The number of benzene rings is 1. The summed E-state index contributed by atoms with van der Waals surface area (Å²) >= 11 is 0. The fraction of sp³-hybridized carbons (Fsp3) is 0.308. The lowest BCUT2D eigenvalue weighted by atomic mass is 9.98. The van der Waals surface area contributed by atoms with Crippen molar-refractivity contribution in [2.45, 2.75) is 13.0 Å². The third-order valence-electron chi connectivity index (χ3n) is 2.81. The van der Waals surface area contributed by atoms with Crippen molar-refractivity contribution < 1.29 is 24.3 Å². The summed E-state index contributed by atoms with van der Waals surface area (Å²) in [5.41, 5.74) is -0.592. The van der Waals surface area contributed by atoms with Gasteiger partial charge >= 0.3 is 0 Å². The first-order chi connectivity index (χ1) is 9.33. The van der Waals surface area contributed by atoms with Gasteiger partial charge in [0.05, 0.1) is 30.8 Å². The van der Waals surface area contributed by atoms with E-state index >= 15 is 0 Å². The molecule has 7 heteroatoms. The molecule has 20 heavy (non-hydrogen) atoms. The molecule has 1 rings (SSSR count). The predicted molar refractivity (Wildman–Crippen MR) is 71.0 cm³/mol. The molecule has 0 aliphatic carbocycles. The minimum Gasteiger partial charge on any atom is -0.493 e. The molecule has 0 aromatic heterocycles. The normalized spacial score (nSPS) is 11.6. The third-order valence-corrected chi connectivity index (χ3v) is 2.81. The number of rotatable bonds is 6. The summed E-state index contributed by atoms with van der Waals surface area (Å²) in [7, 11) is 2.70. The molecule has 1 unspecified atom stereocenters. The Kier molecular flexibility index (Phi) is 4.82. The van der Waals surface area contributed by atoms with Crippen molar-refractivity contribution in [3.8, 4) is 11.5 Å². The molecule has 0 saturated carbocycles. The highest BCUT2D eigenvalue weighted by Gasteiger charge is 2.27. The van der Waals surface area contributed by atoms with Gasteiger partial charge in [0.25, 0.3) is 5.69 Å². The average molecular weight is 281 g/mol. The zero-order valence-corrected chi connectivity index (χ0v) is 11.4. The van der Waals surface area contributed by atoms with E-state index in [4.69, 9.17) is 9.47 Å². The Morgan fingerprint density at radius 2 is 1.85 bits per heavy atom. The molecule has 1 N–H and O–H groups in total. The number of nitro benzene ring substituents is 1. The number of nitrogens with zero attached hydrogens (tertiary/aromatic N) is 1. The molecule has 0 heterocycles. The Bertz CT molecular complexity index is 566. The van der Waals surface area contributed by atoms with Crippen LogP contribution in [0.1, 0.15) is 18.6 Å². The maximum atomic E-state index is 11.2. The molecule has 7 nitrogen and oxygen atoms in total. The zero-order valence-electron chi connectivity index (χ0n) is 11.4. The molecule has 0 spiro atoms. The van der Waals surface area contributed by atoms with Crippen LogP contribution >= 0.6 is 0 Å². The van der Waals surface area contributed by atoms with Crippen molar-refractivity contribution in [2.75, 3.05) is 14.2 Å². The number of ketones is 1. The molecule has 0 aliphatic heterocycles. The standard InChI is InChI=1S/C13H15NO6/c1-7(8(2)15)13(16)9-5-11(19-3)12(20-4)6-10(9)14(17)18/h5-6,13,16H,1H2,2-4H3. The largest absolute Gasteiger partial charge is 0.493 e. The second-order valence-corrected chi connectivity index (χ2v) is 4.01. The minimum absolute atomic E-state index is 0.0761. The van der Waals surface area contributed by atoms with Gasteiger partial charge in [0.15, 0.2) is 17.3 Å². The van der Waals surface area contributed by atoms with Crippen molar-refractivity contribution in [3.63, 3.8) is 0 Å². The Morgan fingerprint density at radius 1 is 1.35 bits per heavy atom. The van der Waals surface area contributed by atoms with E-state index in [1.165, 1.54) is 27.2 Å². The highest BCUT2D eigenvalue weighted by molar-refractivity contribution is 5.94. The number of carbonyl (C=O) groups excluding carboxylic acids is 1. The van der Waals surface area contributed by atoms with E-state index < -0.39 is 16.8 Å². The van der Waals surface area contributed by atoms with E-state index in [9.17, 15) is 20.0 Å². The molecule has 0 radical (unpaired) electrons. The van der Waals surface area contributed by atoms with Crippen LogP contribution in [-0.4, -0.2) is 30.0 Å². The summed E-state index contributed by atoms with van der Waals surface area (Å²) in [5.74, 6) is -0.0892. The second-order valence-electron chi connectivity index (χ2n) is 4.01. The fourth-order valence-corrected chi connectivity index (χ4v) is 1.64. The second kappa shape index (κ2) is 6.16. The molecule has 1 aromatic rings. The summed E-state index contributed by atoms with van der Waals surface area (Å²) in [6.45, 7) is 4.66. The Labute approximate surface area is 115 Å². The van der Waals surface area contributed by atoms with Gasteiger partial charge in [-0.3, -0.25) is 14.9 Å². The minimum atomic E-state index is -1.48. The molecular weight excluding hydrogens is 266 g/mol. The van der Waals surface area contributed by atoms with Gasteiger partial charge in [-0.05, 0) is 13.0 Å². The van der Waals surface area contributed by atoms with E-state index in [0.717, 1.165) is 6.07 Å². The first kappa shape index (κ1) is 15.6. The maximum Gasteiger partial charge on any atom is 0.279 e. The van der Waals surface area contributed by atoms with Crippen molar-refractivity contribution in [3.05, 3.63) is 40.0 Å². The summed E-state index contributed by atoms with van der Waals surface area (Å²) in [6, 6.07) is 2.39. The number of carbonyl (C=O) groups is 1. The molecule has 0 bridgehead atoms. The Morgan fingerprint density at radius 3 is 2.25 bits per heavy atom. The molecule has 108 valence electrons. The molecule has 1 aromatic carbocycles. The lowest BCUT2D eigenvalue weighted by Crippen LogP contribution is -2.10. The third kappa shape index (κ3) is 2.94. The van der Waals surface area contributed by atoms with Crippen molar-refractivity contribution in [1.29, 1.82) is 0 Å². The van der Waals surface area contributed by atoms with Crippen molar-refractivity contribution >= 4 is 11.5 Å². The van der Waals surface area contributed by atoms with E-state index in [1.807, 2.05) is 0 Å². The van der Waals surface area contributed by atoms with Crippen LogP contribution in [0.25, 0.3) is 0 Å². The molecule has 0 amide bonds. The average Bonchev–Trinajstić information content (AvgIpc) is 2.43. The number of nitro groups is 1. The molecule has 0 aliphatic rings. The lowest BCUT2D eigenvalue weighted by molar-refractivity contribution is -0.386. The van der Waals surface area contributed by atoms with Crippen LogP contribution in [0, 0.1) is 10.1 Å². The quantitative estimate of drug-likeness (QED) is 0.485. The first-order valence-electron chi connectivity index (χ1n) is 5.61. The highest BCUT2D eigenvalue weighted by atomic mass is 16.6. The van der Waals surface area contributed by atoms with Gasteiger partial charge in [-0.2, -0.15) is 0 Å². The van der Waals surface area contributed by atoms with E-state index in [1.54, 1.807) is 0 Å². The van der Waals surface area contributed by atoms with Gasteiger partial charge in [-0.25, -0.2) is 0 Å². The smallest absolute Gasteiger partial charge is 0.279 e. The summed E-state index contributed by atoms with van der Waals surface area (Å²) in [5, 5.41) is 21.1. The van der Waals surface area contributed by atoms with E-state index in [0.29, 0.717) is 0 Å². The number of ether oxygens (including phenoxy) is 2. The van der Waals surface area contributed by atoms with Crippen LogP contribution in [0.4, 0.5) is 5.69 Å². The van der Waals surface area contributed by atoms with E-state index in [2.05, 4.69) is 6.58 Å². The summed E-state index contributed by atoms with van der Waals surface area (Å²) in [4.78, 5) is 21.6. The van der Waals surface area contributed by atoms with Crippen LogP contribution in [0.2, 0.25) is 0 Å². The topological polar surface area (TPSA) is 98.9 Å². The van der Waals surface area contributed by atoms with Crippen LogP contribution in [0.3, 0.4) is 0 Å². The number of aliphatic hydroxyl groups is 1. The van der Waals surface area contributed by atoms with Crippen LogP contribution < -0.4 is 9.47 Å². The van der Waals surface area contributed by atoms with Crippen LogP contribution in [0.5, 0.6) is 11.5 Å². The molecular formula is C13H15NO6. The van der Waals surface area contributed by atoms with Crippen LogP contribution in [0.15, 0.2) is 24.3 Å². The molecule has 1 atom stereocenters. The van der Waals surface area contributed by atoms with E-state index in [-0.39, 0.29) is 28.3 Å². The Hall–Kier alpha value is -2.41.